The maximum atomic E-state index is 14.8. The van der Waals surface area contributed by atoms with Crippen molar-refractivity contribution >= 4 is 12.3 Å². The van der Waals surface area contributed by atoms with Crippen molar-refractivity contribution in [3.05, 3.63) is 118 Å². The van der Waals surface area contributed by atoms with E-state index >= 15 is 0 Å². The van der Waals surface area contributed by atoms with Gasteiger partial charge in [-0.2, -0.15) is 8.78 Å². The molecule has 0 bridgehead atoms. The van der Waals surface area contributed by atoms with Crippen LogP contribution < -0.4 is 4.74 Å². The van der Waals surface area contributed by atoms with Gasteiger partial charge in [0.1, 0.15) is 34.6 Å². The SMILES string of the molecule is C/C(C=N)=C/c1ccc(-c2cc(F)c(C(F)(F)Oc3ccc(-c4cc(F)c(F)c(F)c4)c(F)c3)c(F)c2)c(F)c1. The Hall–Kier alpha value is -4.54. The normalized spacial score (nSPS) is 12.0. The lowest BCUT2D eigenvalue weighted by Gasteiger charge is -2.20. The molecule has 0 fully saturated rings. The van der Waals surface area contributed by atoms with Crippen molar-refractivity contribution in [2.75, 3.05) is 0 Å². The van der Waals surface area contributed by atoms with Crippen molar-refractivity contribution in [3.63, 3.8) is 0 Å². The average molecular weight is 565 g/mol. The average Bonchev–Trinajstić information content (AvgIpc) is 2.86. The number of halogens is 9. The molecule has 4 aromatic carbocycles. The maximum Gasteiger partial charge on any atom is 0.432 e. The topological polar surface area (TPSA) is 33.1 Å². The van der Waals surface area contributed by atoms with Gasteiger partial charge in [0.15, 0.2) is 17.5 Å². The minimum Gasteiger partial charge on any atom is -0.429 e. The molecule has 1 N–H and O–H groups in total. The lowest BCUT2D eigenvalue weighted by molar-refractivity contribution is -0.189. The molecule has 4 rings (SSSR count). The van der Waals surface area contributed by atoms with Crippen molar-refractivity contribution in [3.8, 4) is 28.0 Å². The summed E-state index contributed by atoms with van der Waals surface area (Å²) in [7, 11) is 0. The van der Waals surface area contributed by atoms with Gasteiger partial charge in [-0.15, -0.1) is 0 Å². The molecule has 0 radical (unpaired) electrons. The minimum absolute atomic E-state index is 0.287. The molecule has 0 amide bonds. The van der Waals surface area contributed by atoms with Crippen molar-refractivity contribution in [2.45, 2.75) is 13.0 Å². The molecular weight excluding hydrogens is 549 g/mol. The highest BCUT2D eigenvalue weighted by Gasteiger charge is 2.41. The lowest BCUT2D eigenvalue weighted by Crippen LogP contribution is -2.25. The van der Waals surface area contributed by atoms with Crippen molar-refractivity contribution < 1.29 is 44.3 Å². The largest absolute Gasteiger partial charge is 0.432 e. The number of rotatable bonds is 7. The van der Waals surface area contributed by atoms with Gasteiger partial charge >= 0.3 is 6.11 Å². The van der Waals surface area contributed by atoms with Crippen molar-refractivity contribution in [2.24, 2.45) is 0 Å². The third-order valence-corrected chi connectivity index (χ3v) is 5.74. The van der Waals surface area contributed by atoms with E-state index in [1.54, 1.807) is 6.92 Å². The molecule has 0 aliphatic carbocycles. The van der Waals surface area contributed by atoms with Crippen LogP contribution >= 0.6 is 0 Å². The molecule has 0 aliphatic heterocycles. The molecule has 0 aliphatic rings. The number of hydrogen-bond donors (Lipinski definition) is 1. The summed E-state index contributed by atoms with van der Waals surface area (Å²) in [6.07, 6.45) is -2.16. The molecule has 11 heteroatoms. The summed E-state index contributed by atoms with van der Waals surface area (Å²) in [5.41, 5.74) is -2.58. The fraction of sp³-hybridized carbons (Fsp3) is 0.0690. The van der Waals surface area contributed by atoms with E-state index in [1.165, 1.54) is 18.2 Å². The summed E-state index contributed by atoms with van der Waals surface area (Å²) >= 11 is 0. The number of benzene rings is 4. The Labute approximate surface area is 221 Å². The second-order valence-corrected chi connectivity index (χ2v) is 8.60. The Morgan fingerprint density at radius 3 is 1.68 bits per heavy atom. The molecule has 206 valence electrons. The Morgan fingerprint density at radius 2 is 1.18 bits per heavy atom. The predicted octanol–water partition coefficient (Wildman–Crippen LogP) is 9.18. The van der Waals surface area contributed by atoms with Gasteiger partial charge in [0, 0.05) is 23.4 Å². The van der Waals surface area contributed by atoms with Crippen LogP contribution in [0.5, 0.6) is 5.75 Å². The van der Waals surface area contributed by atoms with Gasteiger partial charge in [-0.3, -0.25) is 0 Å². The van der Waals surface area contributed by atoms with E-state index in [9.17, 15) is 39.5 Å². The first-order valence-corrected chi connectivity index (χ1v) is 11.3. The van der Waals surface area contributed by atoms with Gasteiger partial charge < -0.3 is 10.1 Å². The van der Waals surface area contributed by atoms with Gasteiger partial charge in [-0.1, -0.05) is 18.2 Å². The summed E-state index contributed by atoms with van der Waals surface area (Å²) < 4.78 is 133. The third kappa shape index (κ3) is 5.73. The quantitative estimate of drug-likeness (QED) is 0.135. The number of nitrogens with one attached hydrogen (secondary N) is 1. The van der Waals surface area contributed by atoms with Crippen LogP contribution in [-0.4, -0.2) is 6.21 Å². The Bertz CT molecular complexity index is 1620. The predicted molar refractivity (Wildman–Crippen MR) is 130 cm³/mol. The van der Waals surface area contributed by atoms with Crippen LogP contribution in [0, 0.1) is 46.1 Å². The number of ether oxygens (including phenoxy) is 1. The van der Waals surface area contributed by atoms with Crippen molar-refractivity contribution in [1.82, 2.24) is 0 Å². The highest BCUT2D eigenvalue weighted by molar-refractivity contribution is 5.83. The highest BCUT2D eigenvalue weighted by Crippen LogP contribution is 2.38. The Kier molecular flexibility index (Phi) is 7.77. The van der Waals surface area contributed by atoms with Gasteiger partial charge in [-0.05, 0) is 71.7 Å². The summed E-state index contributed by atoms with van der Waals surface area (Å²) in [5, 5.41) is 7.16. The van der Waals surface area contributed by atoms with E-state index in [0.717, 1.165) is 24.4 Å². The molecule has 0 heterocycles. The molecule has 40 heavy (non-hydrogen) atoms. The molecule has 2 nitrogen and oxygen atoms in total. The molecule has 0 unspecified atom stereocenters. The first kappa shape index (κ1) is 28.5. The number of allylic oxidation sites excluding steroid dienone is 1. The van der Waals surface area contributed by atoms with Crippen LogP contribution in [0.15, 0.2) is 66.2 Å². The summed E-state index contributed by atoms with van der Waals surface area (Å²) in [4.78, 5) is 0. The zero-order valence-corrected chi connectivity index (χ0v) is 20.2. The molecule has 4 aromatic rings. The van der Waals surface area contributed by atoms with E-state index in [0.29, 0.717) is 41.5 Å². The lowest BCUT2D eigenvalue weighted by atomic mass is 10.00. The van der Waals surface area contributed by atoms with Crippen LogP contribution in [-0.2, 0) is 6.11 Å². The van der Waals surface area contributed by atoms with Gasteiger partial charge in [0.2, 0.25) is 0 Å². The first-order chi connectivity index (χ1) is 18.8. The summed E-state index contributed by atoms with van der Waals surface area (Å²) in [6, 6.07) is 7.50. The fourth-order valence-electron chi connectivity index (χ4n) is 3.87. The van der Waals surface area contributed by atoms with E-state index in [4.69, 9.17) is 5.41 Å². The third-order valence-electron chi connectivity index (χ3n) is 5.74. The van der Waals surface area contributed by atoms with Crippen molar-refractivity contribution in [1.29, 1.82) is 5.41 Å². The fourth-order valence-corrected chi connectivity index (χ4v) is 3.87. The second kappa shape index (κ2) is 10.9. The highest BCUT2D eigenvalue weighted by atomic mass is 19.3. The van der Waals surface area contributed by atoms with E-state index < -0.39 is 69.3 Å². The van der Waals surface area contributed by atoms with Gasteiger partial charge in [0.25, 0.3) is 0 Å². The van der Waals surface area contributed by atoms with Crippen LogP contribution in [0.2, 0.25) is 0 Å². The number of alkyl halides is 2. The second-order valence-electron chi connectivity index (χ2n) is 8.60. The molecule has 0 saturated carbocycles. The van der Waals surface area contributed by atoms with Gasteiger partial charge in [0.05, 0.1) is 0 Å². The standard InChI is InChI=1S/C29H16F9NO/c1-14(13-39)6-15-2-4-19(21(30)7-15)16-8-23(32)27(24(33)9-16)29(37,38)40-18-3-5-20(22(31)12-18)17-10-25(34)28(36)26(35)11-17/h2-13,39H,1H3/b14-6-,39-13?. The van der Waals surface area contributed by atoms with E-state index in [2.05, 4.69) is 4.74 Å². The minimum atomic E-state index is -4.67. The monoisotopic (exact) mass is 565 g/mol. The first-order valence-electron chi connectivity index (χ1n) is 11.3. The smallest absolute Gasteiger partial charge is 0.429 e. The van der Waals surface area contributed by atoms with E-state index in [1.807, 2.05) is 0 Å². The maximum absolute atomic E-state index is 14.8. The van der Waals surface area contributed by atoms with Crippen LogP contribution in [0.1, 0.15) is 18.1 Å². The van der Waals surface area contributed by atoms with Crippen LogP contribution in [0.4, 0.5) is 39.5 Å². The Balaban J connectivity index is 1.63. The zero-order chi connectivity index (χ0) is 29.4. The summed E-state index contributed by atoms with van der Waals surface area (Å²) in [5.74, 6) is -11.7. The molecule has 0 spiro atoms. The van der Waals surface area contributed by atoms with E-state index in [-0.39, 0.29) is 11.1 Å². The van der Waals surface area contributed by atoms with Crippen LogP contribution in [0.25, 0.3) is 28.3 Å². The Morgan fingerprint density at radius 1 is 0.675 bits per heavy atom. The zero-order valence-electron chi connectivity index (χ0n) is 20.2. The van der Waals surface area contributed by atoms with Crippen LogP contribution in [0.3, 0.4) is 0 Å². The molecule has 0 aromatic heterocycles. The molecule has 0 atom stereocenters. The molecular formula is C29H16F9NO. The van der Waals surface area contributed by atoms with Gasteiger partial charge in [-0.25, -0.2) is 30.7 Å². The number of hydrogen-bond acceptors (Lipinski definition) is 2. The molecule has 0 saturated heterocycles. The summed E-state index contributed by atoms with van der Waals surface area (Å²) in [6.45, 7) is 1.60.